The molecule has 0 unspecified atom stereocenters. The lowest BCUT2D eigenvalue weighted by molar-refractivity contribution is -0.0291. The van der Waals surface area contributed by atoms with E-state index in [1.54, 1.807) is 0 Å². The molecular formula is C14H29NO. The lowest BCUT2D eigenvalue weighted by Gasteiger charge is -2.38. The van der Waals surface area contributed by atoms with Gasteiger partial charge in [0.05, 0.1) is 5.60 Å². The van der Waals surface area contributed by atoms with E-state index in [1.807, 2.05) is 0 Å². The second-order valence-corrected chi connectivity index (χ2v) is 5.38. The zero-order chi connectivity index (χ0) is 11.9. The Kier molecular flexibility index (Phi) is 6.37. The third-order valence-corrected chi connectivity index (χ3v) is 3.82. The maximum Gasteiger partial charge on any atom is 0.0672 e. The monoisotopic (exact) mass is 227 g/mol. The third-order valence-electron chi connectivity index (χ3n) is 3.82. The number of aliphatic hydroxyl groups is 1. The molecule has 1 aliphatic rings. The molecule has 16 heavy (non-hydrogen) atoms. The van der Waals surface area contributed by atoms with Crippen LogP contribution in [0.3, 0.4) is 0 Å². The van der Waals surface area contributed by atoms with E-state index in [2.05, 4.69) is 18.7 Å². The number of hydrogen-bond donors (Lipinski definition) is 1. The largest absolute Gasteiger partial charge is 0.390 e. The minimum atomic E-state index is -0.335. The van der Waals surface area contributed by atoms with Crippen LogP contribution in [0, 0.1) is 0 Å². The second-order valence-electron chi connectivity index (χ2n) is 5.38. The lowest BCUT2D eigenvalue weighted by Crippen LogP contribution is -2.44. The van der Waals surface area contributed by atoms with Gasteiger partial charge in [0.2, 0.25) is 0 Å². The van der Waals surface area contributed by atoms with Gasteiger partial charge in [0.25, 0.3) is 0 Å². The average molecular weight is 227 g/mol. The zero-order valence-electron chi connectivity index (χ0n) is 11.2. The molecule has 1 rings (SSSR count). The number of rotatable bonds is 7. The van der Waals surface area contributed by atoms with E-state index in [0.29, 0.717) is 0 Å². The predicted molar refractivity (Wildman–Crippen MR) is 69.7 cm³/mol. The Morgan fingerprint density at radius 2 is 1.69 bits per heavy atom. The first-order valence-electron chi connectivity index (χ1n) is 7.15. The summed E-state index contributed by atoms with van der Waals surface area (Å²) in [7, 11) is 0. The summed E-state index contributed by atoms with van der Waals surface area (Å²) in [4.78, 5) is 2.49. The molecule has 0 radical (unpaired) electrons. The fraction of sp³-hybridized carbons (Fsp3) is 1.00. The van der Waals surface area contributed by atoms with Crippen molar-refractivity contribution in [3.05, 3.63) is 0 Å². The highest BCUT2D eigenvalue weighted by molar-refractivity contribution is 4.85. The molecule has 0 amide bonds. The van der Waals surface area contributed by atoms with E-state index < -0.39 is 0 Å². The molecule has 0 bridgehead atoms. The molecule has 0 saturated carbocycles. The Labute approximate surface area is 101 Å². The van der Waals surface area contributed by atoms with Crippen molar-refractivity contribution in [2.75, 3.05) is 19.6 Å². The highest BCUT2D eigenvalue weighted by Crippen LogP contribution is 2.27. The van der Waals surface area contributed by atoms with Crippen molar-refractivity contribution in [3.63, 3.8) is 0 Å². The first kappa shape index (κ1) is 14.0. The van der Waals surface area contributed by atoms with E-state index in [-0.39, 0.29) is 5.60 Å². The maximum atomic E-state index is 10.4. The molecule has 2 heteroatoms. The molecule has 1 aliphatic heterocycles. The van der Waals surface area contributed by atoms with E-state index >= 15 is 0 Å². The molecule has 1 saturated heterocycles. The summed E-state index contributed by atoms with van der Waals surface area (Å²) in [5.41, 5.74) is -0.335. The molecule has 96 valence electrons. The fourth-order valence-corrected chi connectivity index (χ4v) is 2.64. The molecule has 1 heterocycles. The van der Waals surface area contributed by atoms with E-state index in [9.17, 15) is 5.11 Å². The van der Waals surface area contributed by atoms with Crippen molar-refractivity contribution < 1.29 is 5.11 Å². The van der Waals surface area contributed by atoms with E-state index in [1.165, 1.54) is 38.6 Å². The van der Waals surface area contributed by atoms with Gasteiger partial charge in [-0.25, -0.2) is 0 Å². The van der Waals surface area contributed by atoms with Crippen LogP contribution in [0.2, 0.25) is 0 Å². The van der Waals surface area contributed by atoms with Crippen LogP contribution in [0.4, 0.5) is 0 Å². The van der Waals surface area contributed by atoms with Crippen LogP contribution < -0.4 is 0 Å². The summed E-state index contributed by atoms with van der Waals surface area (Å²) < 4.78 is 0. The minimum Gasteiger partial charge on any atom is -0.390 e. The van der Waals surface area contributed by atoms with Crippen LogP contribution >= 0.6 is 0 Å². The van der Waals surface area contributed by atoms with Gasteiger partial charge in [-0.05, 0) is 32.2 Å². The predicted octanol–water partition coefficient (Wildman–Crippen LogP) is 3.19. The SMILES string of the molecule is CCCCCCC1(O)CCN(CCC)CC1. The van der Waals surface area contributed by atoms with Crippen molar-refractivity contribution in [1.29, 1.82) is 0 Å². The van der Waals surface area contributed by atoms with Crippen molar-refractivity contribution >= 4 is 0 Å². The van der Waals surface area contributed by atoms with Gasteiger partial charge >= 0.3 is 0 Å². The summed E-state index contributed by atoms with van der Waals surface area (Å²) in [5, 5.41) is 10.4. The molecule has 0 spiro atoms. The summed E-state index contributed by atoms with van der Waals surface area (Å²) in [6.07, 6.45) is 9.32. The first-order valence-corrected chi connectivity index (χ1v) is 7.15. The van der Waals surface area contributed by atoms with Crippen molar-refractivity contribution in [2.24, 2.45) is 0 Å². The van der Waals surface area contributed by atoms with E-state index in [4.69, 9.17) is 0 Å². The molecule has 2 nitrogen and oxygen atoms in total. The quantitative estimate of drug-likeness (QED) is 0.675. The van der Waals surface area contributed by atoms with Gasteiger partial charge < -0.3 is 10.0 Å². The van der Waals surface area contributed by atoms with Crippen LogP contribution in [0.5, 0.6) is 0 Å². The minimum absolute atomic E-state index is 0.335. The molecule has 1 N–H and O–H groups in total. The number of unbranched alkanes of at least 4 members (excludes halogenated alkanes) is 3. The summed E-state index contributed by atoms with van der Waals surface area (Å²) in [5.74, 6) is 0. The van der Waals surface area contributed by atoms with Gasteiger partial charge in [-0.1, -0.05) is 39.5 Å². The van der Waals surface area contributed by atoms with Crippen LogP contribution in [0.1, 0.15) is 65.2 Å². The van der Waals surface area contributed by atoms with Gasteiger partial charge in [0.15, 0.2) is 0 Å². The van der Waals surface area contributed by atoms with Crippen LogP contribution in [0.15, 0.2) is 0 Å². The Hall–Kier alpha value is -0.0800. The van der Waals surface area contributed by atoms with Gasteiger partial charge in [-0.15, -0.1) is 0 Å². The summed E-state index contributed by atoms with van der Waals surface area (Å²) in [6.45, 7) is 7.85. The molecule has 0 aromatic heterocycles. The van der Waals surface area contributed by atoms with Crippen molar-refractivity contribution in [3.8, 4) is 0 Å². The number of nitrogens with zero attached hydrogens (tertiary/aromatic N) is 1. The second kappa shape index (κ2) is 7.29. The molecule has 0 aliphatic carbocycles. The number of piperidine rings is 1. The highest BCUT2D eigenvalue weighted by Gasteiger charge is 2.30. The third kappa shape index (κ3) is 4.84. The van der Waals surface area contributed by atoms with Crippen molar-refractivity contribution in [2.45, 2.75) is 70.8 Å². The molecule has 0 aromatic carbocycles. The van der Waals surface area contributed by atoms with E-state index in [0.717, 1.165) is 32.4 Å². The standard InChI is InChI=1S/C14H29NO/c1-3-5-6-7-8-14(16)9-12-15(11-4-2)13-10-14/h16H,3-13H2,1-2H3. The highest BCUT2D eigenvalue weighted by atomic mass is 16.3. The molecular weight excluding hydrogens is 198 g/mol. The maximum absolute atomic E-state index is 10.4. The van der Waals surface area contributed by atoms with Crippen molar-refractivity contribution in [1.82, 2.24) is 4.90 Å². The van der Waals surface area contributed by atoms with Crippen LogP contribution in [-0.2, 0) is 0 Å². The Bertz CT molecular complexity index is 168. The van der Waals surface area contributed by atoms with Gasteiger partial charge in [0, 0.05) is 13.1 Å². The Morgan fingerprint density at radius 1 is 1.00 bits per heavy atom. The Morgan fingerprint density at radius 3 is 2.25 bits per heavy atom. The topological polar surface area (TPSA) is 23.5 Å². The molecule has 0 aromatic rings. The zero-order valence-corrected chi connectivity index (χ0v) is 11.2. The van der Waals surface area contributed by atoms with Gasteiger partial charge in [-0.2, -0.15) is 0 Å². The summed E-state index contributed by atoms with van der Waals surface area (Å²) in [6, 6.07) is 0. The van der Waals surface area contributed by atoms with Gasteiger partial charge in [-0.3, -0.25) is 0 Å². The smallest absolute Gasteiger partial charge is 0.0672 e. The first-order chi connectivity index (χ1) is 7.70. The lowest BCUT2D eigenvalue weighted by atomic mass is 9.86. The normalized spacial score (nSPS) is 21.2. The van der Waals surface area contributed by atoms with Crippen LogP contribution in [-0.4, -0.2) is 35.2 Å². The van der Waals surface area contributed by atoms with Crippen LogP contribution in [0.25, 0.3) is 0 Å². The van der Waals surface area contributed by atoms with Gasteiger partial charge in [0.1, 0.15) is 0 Å². The Balaban J connectivity index is 2.16. The number of likely N-dealkylation sites (tertiary alicyclic amines) is 1. The molecule has 1 fully saturated rings. The number of hydrogen-bond acceptors (Lipinski definition) is 2. The summed E-state index contributed by atoms with van der Waals surface area (Å²) >= 11 is 0. The fourth-order valence-electron chi connectivity index (χ4n) is 2.64. The molecule has 0 atom stereocenters. The average Bonchev–Trinajstić information content (AvgIpc) is 2.29.